The molecule has 1 heterocycles. The number of aromatic nitrogens is 2. The Balaban J connectivity index is 1.90. The largest absolute Gasteiger partial charge is 0.435 e. The Morgan fingerprint density at radius 3 is 2.39 bits per heavy atom. The fourth-order valence-electron chi connectivity index (χ4n) is 1.36. The van der Waals surface area contributed by atoms with Crippen LogP contribution in [0.25, 0.3) is 0 Å². The van der Waals surface area contributed by atoms with Gasteiger partial charge in [0.25, 0.3) is 0 Å². The highest BCUT2D eigenvalue weighted by Gasteiger charge is 2.03. The third-order valence-corrected chi connectivity index (χ3v) is 2.15. The zero-order valence-corrected chi connectivity index (χ0v) is 9.38. The van der Waals surface area contributed by atoms with E-state index in [1.54, 1.807) is 30.6 Å². The molecule has 4 nitrogen and oxygen atoms in total. The molecule has 1 aromatic heterocycles. The molecule has 6 heteroatoms. The van der Waals surface area contributed by atoms with Crippen molar-refractivity contribution in [3.8, 4) is 5.75 Å². The summed E-state index contributed by atoms with van der Waals surface area (Å²) in [5, 5.41) is 3.07. The smallest absolute Gasteiger partial charge is 0.387 e. The summed E-state index contributed by atoms with van der Waals surface area (Å²) in [6, 6.07) is 7.99. The second kappa shape index (κ2) is 5.90. The van der Waals surface area contributed by atoms with Gasteiger partial charge in [0.2, 0.25) is 0 Å². The highest BCUT2D eigenvalue weighted by Crippen LogP contribution is 2.17. The van der Waals surface area contributed by atoms with E-state index in [2.05, 4.69) is 20.0 Å². The summed E-state index contributed by atoms with van der Waals surface area (Å²) in [6.45, 7) is -2.34. The molecule has 0 saturated carbocycles. The van der Waals surface area contributed by atoms with Gasteiger partial charge in [0.15, 0.2) is 0 Å². The maximum Gasteiger partial charge on any atom is 0.387 e. The number of anilines is 1. The van der Waals surface area contributed by atoms with Crippen LogP contribution in [-0.2, 0) is 6.54 Å². The molecule has 1 N–H and O–H groups in total. The van der Waals surface area contributed by atoms with Crippen LogP contribution in [0.5, 0.6) is 5.75 Å². The number of halogens is 2. The van der Waals surface area contributed by atoms with E-state index in [0.29, 0.717) is 12.4 Å². The molecule has 0 aliphatic heterocycles. The molecule has 0 amide bonds. The summed E-state index contributed by atoms with van der Waals surface area (Å²) in [5.74, 6) is 0.789. The quantitative estimate of drug-likeness (QED) is 0.887. The lowest BCUT2D eigenvalue weighted by atomic mass is 10.3. The Bertz CT molecular complexity index is 476. The van der Waals surface area contributed by atoms with Crippen molar-refractivity contribution in [2.45, 2.75) is 13.2 Å². The van der Waals surface area contributed by atoms with Crippen molar-refractivity contribution in [2.24, 2.45) is 0 Å². The topological polar surface area (TPSA) is 47.0 Å². The number of hydrogen-bond acceptors (Lipinski definition) is 4. The fraction of sp³-hybridized carbons (Fsp3) is 0.167. The van der Waals surface area contributed by atoms with Crippen molar-refractivity contribution < 1.29 is 13.5 Å². The van der Waals surface area contributed by atoms with Crippen LogP contribution in [0.15, 0.2) is 42.7 Å². The van der Waals surface area contributed by atoms with E-state index in [1.165, 1.54) is 12.1 Å². The Hall–Kier alpha value is -2.24. The summed E-state index contributed by atoms with van der Waals surface area (Å²) in [5.41, 5.74) is 0.782. The number of ether oxygens (including phenoxy) is 1. The van der Waals surface area contributed by atoms with E-state index < -0.39 is 6.61 Å². The first-order valence-corrected chi connectivity index (χ1v) is 5.29. The van der Waals surface area contributed by atoms with Crippen molar-refractivity contribution in [1.82, 2.24) is 9.97 Å². The highest BCUT2D eigenvalue weighted by atomic mass is 19.3. The van der Waals surface area contributed by atoms with Gasteiger partial charge in [-0.25, -0.2) is 9.97 Å². The average molecular weight is 251 g/mol. The SMILES string of the molecule is FC(F)Oc1ccc(NCc2ncccn2)cc1. The molecule has 0 aliphatic rings. The van der Waals surface area contributed by atoms with Crippen LogP contribution in [0.2, 0.25) is 0 Å². The van der Waals surface area contributed by atoms with Crippen molar-refractivity contribution in [3.63, 3.8) is 0 Å². The molecule has 0 bridgehead atoms. The van der Waals surface area contributed by atoms with Crippen LogP contribution in [0.3, 0.4) is 0 Å². The maximum atomic E-state index is 11.9. The van der Waals surface area contributed by atoms with Gasteiger partial charge >= 0.3 is 6.61 Å². The normalized spacial score (nSPS) is 10.4. The summed E-state index contributed by atoms with van der Waals surface area (Å²) >= 11 is 0. The van der Waals surface area contributed by atoms with E-state index >= 15 is 0 Å². The molecule has 0 atom stereocenters. The number of rotatable bonds is 5. The molecule has 18 heavy (non-hydrogen) atoms. The van der Waals surface area contributed by atoms with Crippen LogP contribution in [0.4, 0.5) is 14.5 Å². The van der Waals surface area contributed by atoms with Crippen molar-refractivity contribution in [2.75, 3.05) is 5.32 Å². The van der Waals surface area contributed by atoms with Crippen molar-refractivity contribution in [3.05, 3.63) is 48.5 Å². The summed E-state index contributed by atoms with van der Waals surface area (Å²) in [4.78, 5) is 8.11. The number of nitrogens with one attached hydrogen (secondary N) is 1. The van der Waals surface area contributed by atoms with Gasteiger partial charge < -0.3 is 10.1 Å². The average Bonchev–Trinajstić information content (AvgIpc) is 2.38. The van der Waals surface area contributed by atoms with Crippen LogP contribution >= 0.6 is 0 Å². The Morgan fingerprint density at radius 1 is 1.11 bits per heavy atom. The first-order valence-electron chi connectivity index (χ1n) is 5.29. The lowest BCUT2D eigenvalue weighted by Crippen LogP contribution is -2.04. The molecule has 0 unspecified atom stereocenters. The minimum absolute atomic E-state index is 0.131. The number of benzene rings is 1. The highest BCUT2D eigenvalue weighted by molar-refractivity contribution is 5.46. The number of hydrogen-bond donors (Lipinski definition) is 1. The molecule has 2 rings (SSSR count). The Morgan fingerprint density at radius 2 is 1.78 bits per heavy atom. The molecular weight excluding hydrogens is 240 g/mol. The zero-order valence-electron chi connectivity index (χ0n) is 9.38. The van der Waals surface area contributed by atoms with Gasteiger partial charge in [-0.1, -0.05) is 0 Å². The van der Waals surface area contributed by atoms with Gasteiger partial charge in [-0.3, -0.25) is 0 Å². The molecule has 0 radical (unpaired) electrons. The van der Waals surface area contributed by atoms with Crippen LogP contribution < -0.4 is 10.1 Å². The van der Waals surface area contributed by atoms with Crippen LogP contribution in [0.1, 0.15) is 5.82 Å². The van der Waals surface area contributed by atoms with Gasteiger partial charge in [-0.2, -0.15) is 8.78 Å². The van der Waals surface area contributed by atoms with Crippen molar-refractivity contribution >= 4 is 5.69 Å². The lowest BCUT2D eigenvalue weighted by Gasteiger charge is -2.07. The van der Waals surface area contributed by atoms with E-state index in [-0.39, 0.29) is 5.75 Å². The molecule has 0 fully saturated rings. The number of alkyl halides is 2. The maximum absolute atomic E-state index is 11.9. The monoisotopic (exact) mass is 251 g/mol. The van der Waals surface area contributed by atoms with Gasteiger partial charge in [0.1, 0.15) is 11.6 Å². The molecule has 0 saturated heterocycles. The van der Waals surface area contributed by atoms with Crippen molar-refractivity contribution in [1.29, 1.82) is 0 Å². The van der Waals surface area contributed by atoms with Gasteiger partial charge in [-0.05, 0) is 30.3 Å². The van der Waals surface area contributed by atoms with Gasteiger partial charge in [0.05, 0.1) is 6.54 Å². The first kappa shape index (κ1) is 12.2. The third kappa shape index (κ3) is 3.65. The molecular formula is C12H11F2N3O. The minimum atomic E-state index is -2.80. The second-order valence-corrected chi connectivity index (χ2v) is 3.42. The van der Waals surface area contributed by atoms with Gasteiger partial charge in [-0.15, -0.1) is 0 Å². The van der Waals surface area contributed by atoms with E-state index in [9.17, 15) is 8.78 Å². The predicted octanol–water partition coefficient (Wildman–Crippen LogP) is 2.69. The minimum Gasteiger partial charge on any atom is -0.435 e. The van der Waals surface area contributed by atoms with E-state index in [1.807, 2.05) is 0 Å². The van der Waals surface area contributed by atoms with Crippen LogP contribution in [-0.4, -0.2) is 16.6 Å². The Kier molecular flexibility index (Phi) is 4.01. The van der Waals surface area contributed by atoms with E-state index in [4.69, 9.17) is 0 Å². The standard InChI is InChI=1S/C12H11F2N3O/c13-12(14)18-10-4-2-9(3-5-10)17-8-11-15-6-1-7-16-11/h1-7,12,17H,8H2. The zero-order chi connectivity index (χ0) is 12.8. The Labute approximate surface area is 103 Å². The molecule has 94 valence electrons. The molecule has 0 spiro atoms. The third-order valence-electron chi connectivity index (χ3n) is 2.15. The molecule has 2 aromatic rings. The summed E-state index contributed by atoms with van der Waals surface area (Å²) in [7, 11) is 0. The first-order chi connectivity index (χ1) is 8.74. The van der Waals surface area contributed by atoms with Gasteiger partial charge in [0, 0.05) is 18.1 Å². The summed E-state index contributed by atoms with van der Waals surface area (Å²) < 4.78 is 28.1. The fourth-order valence-corrected chi connectivity index (χ4v) is 1.36. The lowest BCUT2D eigenvalue weighted by molar-refractivity contribution is -0.0498. The molecule has 0 aliphatic carbocycles. The molecule has 1 aromatic carbocycles. The predicted molar refractivity (Wildman–Crippen MR) is 62.4 cm³/mol. The van der Waals surface area contributed by atoms with E-state index in [0.717, 1.165) is 5.69 Å². The van der Waals surface area contributed by atoms with Crippen LogP contribution in [0, 0.1) is 0 Å². The number of nitrogens with zero attached hydrogens (tertiary/aromatic N) is 2. The summed E-state index contributed by atoms with van der Waals surface area (Å²) in [6.07, 6.45) is 3.31. The second-order valence-electron chi connectivity index (χ2n) is 3.42.